The van der Waals surface area contributed by atoms with E-state index in [1.54, 1.807) is 6.07 Å². The number of nitrogens with one attached hydrogen (secondary N) is 1. The molecule has 44 heavy (non-hydrogen) atoms. The zero-order valence-electron chi connectivity index (χ0n) is 25.2. The molecule has 3 aromatic rings. The number of rotatable bonds is 5. The number of anilines is 3. The van der Waals surface area contributed by atoms with Crippen LogP contribution in [0.4, 0.5) is 22.7 Å². The Morgan fingerprint density at radius 3 is 2.50 bits per heavy atom. The number of para-hydroxylation sites is 2. The first kappa shape index (κ1) is 29.7. The summed E-state index contributed by atoms with van der Waals surface area (Å²) in [7, 11) is 0. The highest BCUT2D eigenvalue weighted by molar-refractivity contribution is 6.30. The maximum Gasteiger partial charge on any atom is 0.269 e. The monoisotopic (exact) mass is 613 g/mol. The number of nitro benzene ring substituents is 1. The van der Waals surface area contributed by atoms with Crippen LogP contribution in [0.3, 0.4) is 0 Å². The number of carbonyl (C=O) groups excluding carboxylic acids is 2. The first-order valence-corrected chi connectivity index (χ1v) is 15.3. The van der Waals surface area contributed by atoms with Gasteiger partial charge in [-0.1, -0.05) is 55.8 Å². The third-order valence-corrected chi connectivity index (χ3v) is 9.09. The highest BCUT2D eigenvalue weighted by Gasteiger charge is 2.42. The largest absolute Gasteiger partial charge is 0.368 e. The van der Waals surface area contributed by atoms with Crippen molar-refractivity contribution in [2.75, 3.05) is 47.8 Å². The van der Waals surface area contributed by atoms with Crippen molar-refractivity contribution in [1.82, 2.24) is 4.90 Å². The van der Waals surface area contributed by atoms with Crippen molar-refractivity contribution in [3.8, 4) is 0 Å². The van der Waals surface area contributed by atoms with Crippen LogP contribution in [0.2, 0.25) is 5.02 Å². The molecular formula is C34H36ClN5O4. The third kappa shape index (κ3) is 5.76. The Kier molecular flexibility index (Phi) is 7.84. The molecule has 228 valence electrons. The topological polar surface area (TPSA) is 99.0 Å². The lowest BCUT2D eigenvalue weighted by molar-refractivity contribution is -0.384. The van der Waals surface area contributed by atoms with E-state index >= 15 is 0 Å². The first-order valence-electron chi connectivity index (χ1n) is 14.9. The molecule has 2 heterocycles. The summed E-state index contributed by atoms with van der Waals surface area (Å²) >= 11 is 6.28. The number of Topliss-reactive ketones (excluding diaryl/α,β-unsaturated/α-hetero) is 1. The van der Waals surface area contributed by atoms with E-state index in [0.717, 1.165) is 28.3 Å². The second-order valence-electron chi connectivity index (χ2n) is 12.7. The van der Waals surface area contributed by atoms with Crippen molar-refractivity contribution in [1.29, 1.82) is 0 Å². The van der Waals surface area contributed by atoms with E-state index in [2.05, 4.69) is 31.0 Å². The van der Waals surface area contributed by atoms with E-state index in [1.165, 1.54) is 12.1 Å². The van der Waals surface area contributed by atoms with E-state index < -0.39 is 11.0 Å². The van der Waals surface area contributed by atoms with Crippen LogP contribution in [0, 0.1) is 22.5 Å². The molecule has 1 atom stereocenters. The van der Waals surface area contributed by atoms with Crippen LogP contribution >= 0.6 is 11.6 Å². The predicted octanol–water partition coefficient (Wildman–Crippen LogP) is 6.52. The van der Waals surface area contributed by atoms with Gasteiger partial charge in [0.05, 0.1) is 28.9 Å². The Bertz CT molecular complexity index is 1680. The van der Waals surface area contributed by atoms with Gasteiger partial charge in [-0.05, 0) is 54.2 Å². The maximum atomic E-state index is 14.1. The number of fused-ring (bicyclic) bond motifs is 1. The molecular weight excluding hydrogens is 578 g/mol. The van der Waals surface area contributed by atoms with Crippen LogP contribution in [-0.2, 0) is 9.59 Å². The zero-order valence-corrected chi connectivity index (χ0v) is 25.9. The van der Waals surface area contributed by atoms with Crippen molar-refractivity contribution in [3.63, 3.8) is 0 Å². The number of ketones is 1. The van der Waals surface area contributed by atoms with Gasteiger partial charge < -0.3 is 20.0 Å². The molecule has 1 N–H and O–H groups in total. The maximum absolute atomic E-state index is 14.1. The minimum atomic E-state index is -0.677. The molecule has 9 nitrogen and oxygen atoms in total. The quantitative estimate of drug-likeness (QED) is 0.258. The number of nitro groups is 1. The highest BCUT2D eigenvalue weighted by atomic mass is 35.5. The average molecular weight is 614 g/mol. The molecule has 0 spiro atoms. The number of amides is 1. The van der Waals surface area contributed by atoms with Crippen LogP contribution in [0.15, 0.2) is 78.0 Å². The molecule has 0 saturated carbocycles. The third-order valence-electron chi connectivity index (χ3n) is 8.85. The lowest BCUT2D eigenvalue weighted by atomic mass is 9.73. The van der Waals surface area contributed by atoms with Gasteiger partial charge in [-0.15, -0.1) is 0 Å². The second kappa shape index (κ2) is 11.6. The summed E-state index contributed by atoms with van der Waals surface area (Å²) in [5.41, 5.74) is 5.43. The second-order valence-corrected chi connectivity index (χ2v) is 13.1. The number of hydrogen-bond donors (Lipinski definition) is 1. The highest BCUT2D eigenvalue weighted by Crippen LogP contribution is 2.48. The summed E-state index contributed by atoms with van der Waals surface area (Å²) in [6, 6.07) is 19.3. The van der Waals surface area contributed by atoms with Gasteiger partial charge in [0.25, 0.3) is 5.69 Å². The fraction of sp³-hybridized carbons (Fsp3) is 0.353. The molecule has 1 fully saturated rings. The molecule has 0 radical (unpaired) electrons. The standard InChI is InChI=1S/C34H36ClN5O4/c1-22-11-12-24(35)18-29(22)37-13-15-38(16-14-37)31(42)21-39-28-10-5-4-9-26(28)36-27-19-34(2,3)20-30(41)32(27)33(39)23-7-6-8-25(17-23)40(43)44/h4-12,17-18,33,36H,13-16,19-21H2,1-3H3. The molecule has 1 aliphatic carbocycles. The number of benzene rings is 3. The number of hydrogen-bond acceptors (Lipinski definition) is 7. The summed E-state index contributed by atoms with van der Waals surface area (Å²) in [5, 5.41) is 16.0. The summed E-state index contributed by atoms with van der Waals surface area (Å²) in [4.78, 5) is 45.4. The molecule has 1 unspecified atom stereocenters. The number of aryl methyl sites for hydroxylation is 1. The van der Waals surface area contributed by atoms with E-state index in [4.69, 9.17) is 11.6 Å². The Hall–Kier alpha value is -4.37. The van der Waals surface area contributed by atoms with Crippen LogP contribution in [0.5, 0.6) is 0 Å². The van der Waals surface area contributed by atoms with E-state index in [0.29, 0.717) is 55.2 Å². The van der Waals surface area contributed by atoms with E-state index in [9.17, 15) is 19.7 Å². The number of allylic oxidation sites excluding steroid dienone is 1. The van der Waals surface area contributed by atoms with Gasteiger partial charge in [-0.25, -0.2) is 0 Å². The molecule has 0 aromatic heterocycles. The van der Waals surface area contributed by atoms with Gasteiger partial charge in [-0.3, -0.25) is 19.7 Å². The van der Waals surface area contributed by atoms with Crippen molar-refractivity contribution >= 4 is 46.0 Å². The number of nitrogens with zero attached hydrogens (tertiary/aromatic N) is 4. The van der Waals surface area contributed by atoms with Crippen LogP contribution in [-0.4, -0.2) is 54.2 Å². The number of non-ortho nitro benzene ring substituents is 1. The van der Waals surface area contributed by atoms with Crippen molar-refractivity contribution < 1.29 is 14.5 Å². The normalized spacial score (nSPS) is 19.6. The molecule has 0 bridgehead atoms. The minimum Gasteiger partial charge on any atom is -0.368 e. The fourth-order valence-corrected chi connectivity index (χ4v) is 6.91. The van der Waals surface area contributed by atoms with Crippen LogP contribution in [0.25, 0.3) is 0 Å². The first-order chi connectivity index (χ1) is 21.0. The van der Waals surface area contributed by atoms with Gasteiger partial charge in [0, 0.05) is 66.7 Å². The van der Waals surface area contributed by atoms with Crippen LogP contribution < -0.4 is 15.1 Å². The Labute approximate surface area is 262 Å². The van der Waals surface area contributed by atoms with Gasteiger partial charge in [0.1, 0.15) is 0 Å². The van der Waals surface area contributed by atoms with Gasteiger partial charge in [-0.2, -0.15) is 0 Å². The minimum absolute atomic E-state index is 0.00962. The van der Waals surface area contributed by atoms with Crippen LogP contribution in [0.1, 0.15) is 43.9 Å². The predicted molar refractivity (Wildman–Crippen MR) is 173 cm³/mol. The molecule has 1 amide bonds. The average Bonchev–Trinajstić information content (AvgIpc) is 3.12. The summed E-state index contributed by atoms with van der Waals surface area (Å²) in [5.74, 6) is -0.0821. The van der Waals surface area contributed by atoms with Crippen molar-refractivity contribution in [2.45, 2.75) is 39.7 Å². The Morgan fingerprint density at radius 1 is 1.00 bits per heavy atom. The fourth-order valence-electron chi connectivity index (χ4n) is 6.75. The van der Waals surface area contributed by atoms with Gasteiger partial charge >= 0.3 is 0 Å². The molecule has 2 aliphatic heterocycles. The Balaban J connectivity index is 1.37. The molecule has 1 saturated heterocycles. The SMILES string of the molecule is Cc1ccc(Cl)cc1N1CCN(C(=O)CN2c3ccccc3NC3=C(C(=O)CC(C)(C)C3)C2c2cccc([N+](=O)[O-])c2)CC1. The molecule has 6 rings (SSSR count). The van der Waals surface area contributed by atoms with Crippen molar-refractivity contribution in [2.24, 2.45) is 5.41 Å². The summed E-state index contributed by atoms with van der Waals surface area (Å²) in [6.45, 7) is 8.63. The number of piperazine rings is 1. The zero-order chi connectivity index (χ0) is 31.2. The number of halogens is 1. The molecule has 10 heteroatoms. The Morgan fingerprint density at radius 2 is 1.75 bits per heavy atom. The molecule has 3 aromatic carbocycles. The van der Waals surface area contributed by atoms with E-state index in [-0.39, 0.29) is 29.3 Å². The summed E-state index contributed by atoms with van der Waals surface area (Å²) < 4.78 is 0. The molecule has 3 aliphatic rings. The number of carbonyl (C=O) groups is 2. The van der Waals surface area contributed by atoms with Gasteiger partial charge in [0.15, 0.2) is 5.78 Å². The smallest absolute Gasteiger partial charge is 0.269 e. The van der Waals surface area contributed by atoms with Crippen molar-refractivity contribution in [3.05, 3.63) is 104 Å². The lowest BCUT2D eigenvalue weighted by Gasteiger charge is -2.40. The van der Waals surface area contributed by atoms with E-state index in [1.807, 2.05) is 58.3 Å². The van der Waals surface area contributed by atoms with Gasteiger partial charge in [0.2, 0.25) is 5.91 Å². The lowest BCUT2D eigenvalue weighted by Crippen LogP contribution is -2.52. The summed E-state index contributed by atoms with van der Waals surface area (Å²) in [6.07, 6.45) is 0.989.